The molecule has 0 saturated carbocycles. The summed E-state index contributed by atoms with van der Waals surface area (Å²) in [6, 6.07) is 4.20. The van der Waals surface area contributed by atoms with E-state index in [4.69, 9.17) is 4.74 Å². The number of hydrogen-bond acceptors (Lipinski definition) is 3. The molecule has 2 N–H and O–H groups in total. The van der Waals surface area contributed by atoms with Gasteiger partial charge in [0.15, 0.2) is 0 Å². The number of aliphatic hydroxyl groups is 1. The van der Waals surface area contributed by atoms with Gasteiger partial charge in [0.05, 0.1) is 12.1 Å². The summed E-state index contributed by atoms with van der Waals surface area (Å²) in [5.74, 6) is -0.797. The first kappa shape index (κ1) is 14.0. The second-order valence-corrected chi connectivity index (χ2v) is 5.02. The second-order valence-electron chi connectivity index (χ2n) is 5.02. The first-order valence-corrected chi connectivity index (χ1v) is 6.33. The van der Waals surface area contributed by atoms with Crippen LogP contribution in [0.4, 0.5) is 4.39 Å². The van der Waals surface area contributed by atoms with Crippen LogP contribution in [0.1, 0.15) is 28.8 Å². The second kappa shape index (κ2) is 5.67. The number of nitrogens with one attached hydrogen (secondary N) is 1. The Balaban J connectivity index is 2.15. The van der Waals surface area contributed by atoms with E-state index in [1.165, 1.54) is 12.1 Å². The number of benzene rings is 1. The molecular weight excluding hydrogens is 249 g/mol. The topological polar surface area (TPSA) is 58.6 Å². The molecule has 5 heteroatoms. The zero-order valence-corrected chi connectivity index (χ0v) is 10.9. The highest BCUT2D eigenvalue weighted by Gasteiger charge is 2.33. The van der Waals surface area contributed by atoms with E-state index < -0.39 is 11.4 Å². The third kappa shape index (κ3) is 3.30. The quantitative estimate of drug-likeness (QED) is 0.870. The van der Waals surface area contributed by atoms with Gasteiger partial charge in [0, 0.05) is 18.8 Å². The van der Waals surface area contributed by atoms with E-state index in [0.717, 1.165) is 0 Å². The van der Waals surface area contributed by atoms with Crippen molar-refractivity contribution >= 4 is 5.91 Å². The molecule has 104 valence electrons. The number of ether oxygens (including phenoxy) is 1. The number of aliphatic hydroxyl groups excluding tert-OH is 1. The Labute approximate surface area is 111 Å². The van der Waals surface area contributed by atoms with Gasteiger partial charge in [0.1, 0.15) is 5.82 Å². The van der Waals surface area contributed by atoms with Crippen molar-refractivity contribution in [3.8, 4) is 0 Å². The Morgan fingerprint density at radius 2 is 2.11 bits per heavy atom. The van der Waals surface area contributed by atoms with Crippen LogP contribution in [-0.2, 0) is 4.74 Å². The van der Waals surface area contributed by atoms with Crippen molar-refractivity contribution < 1.29 is 19.0 Å². The van der Waals surface area contributed by atoms with E-state index in [9.17, 15) is 14.3 Å². The highest BCUT2D eigenvalue weighted by atomic mass is 19.1. The molecule has 2 rings (SSSR count). The molecule has 19 heavy (non-hydrogen) atoms. The number of carbonyl (C=O) groups excluding carboxylic acids is 1. The third-order valence-corrected chi connectivity index (χ3v) is 3.44. The molecule has 1 aliphatic heterocycles. The fourth-order valence-corrected chi connectivity index (χ4v) is 2.27. The van der Waals surface area contributed by atoms with E-state index in [1.54, 1.807) is 13.0 Å². The van der Waals surface area contributed by atoms with Gasteiger partial charge in [-0.3, -0.25) is 4.79 Å². The molecule has 0 aliphatic carbocycles. The molecule has 1 heterocycles. The fourth-order valence-electron chi connectivity index (χ4n) is 2.27. The Morgan fingerprint density at radius 1 is 1.42 bits per heavy atom. The number of amides is 1. The van der Waals surface area contributed by atoms with Gasteiger partial charge in [-0.15, -0.1) is 0 Å². The number of aryl methyl sites for hydroxylation is 1. The number of hydrogen-bond donors (Lipinski definition) is 2. The highest BCUT2D eigenvalue weighted by Crippen LogP contribution is 2.21. The number of rotatable bonds is 3. The Kier molecular flexibility index (Phi) is 4.17. The van der Waals surface area contributed by atoms with E-state index in [2.05, 4.69) is 5.32 Å². The molecule has 0 atom stereocenters. The first-order valence-electron chi connectivity index (χ1n) is 6.33. The van der Waals surface area contributed by atoms with Crippen LogP contribution in [0.3, 0.4) is 0 Å². The van der Waals surface area contributed by atoms with Crippen molar-refractivity contribution in [2.45, 2.75) is 25.3 Å². The molecule has 1 aromatic rings. The lowest BCUT2D eigenvalue weighted by atomic mass is 9.90. The van der Waals surface area contributed by atoms with E-state index >= 15 is 0 Å². The molecule has 0 bridgehead atoms. The SMILES string of the molecule is Cc1cc(F)cc(C(=O)NC2(CO)CCOCC2)c1. The molecule has 0 unspecified atom stereocenters. The molecule has 0 aromatic heterocycles. The molecule has 0 radical (unpaired) electrons. The molecule has 1 amide bonds. The van der Waals surface area contributed by atoms with Crippen LogP contribution in [0.15, 0.2) is 18.2 Å². The first-order chi connectivity index (χ1) is 9.04. The van der Waals surface area contributed by atoms with Gasteiger partial charge in [0.2, 0.25) is 0 Å². The summed E-state index contributed by atoms with van der Waals surface area (Å²) in [5.41, 5.74) is 0.308. The van der Waals surface area contributed by atoms with Gasteiger partial charge in [0.25, 0.3) is 5.91 Å². The monoisotopic (exact) mass is 267 g/mol. The van der Waals surface area contributed by atoms with Crippen LogP contribution in [0.25, 0.3) is 0 Å². The molecule has 4 nitrogen and oxygen atoms in total. The van der Waals surface area contributed by atoms with Crippen molar-refractivity contribution in [3.05, 3.63) is 35.1 Å². The highest BCUT2D eigenvalue weighted by molar-refractivity contribution is 5.94. The minimum absolute atomic E-state index is 0.142. The smallest absolute Gasteiger partial charge is 0.251 e. The molecule has 1 saturated heterocycles. The zero-order chi connectivity index (χ0) is 13.9. The van der Waals surface area contributed by atoms with Crippen LogP contribution >= 0.6 is 0 Å². The Morgan fingerprint density at radius 3 is 2.68 bits per heavy atom. The van der Waals surface area contributed by atoms with Gasteiger partial charge in [-0.05, 0) is 43.5 Å². The normalized spacial score (nSPS) is 18.1. The summed E-state index contributed by atoms with van der Waals surface area (Å²) in [6.45, 7) is 2.60. The third-order valence-electron chi connectivity index (χ3n) is 3.44. The van der Waals surface area contributed by atoms with Crippen molar-refractivity contribution in [2.24, 2.45) is 0 Å². The molecule has 1 fully saturated rings. The summed E-state index contributed by atoms with van der Waals surface area (Å²) < 4.78 is 18.5. The summed E-state index contributed by atoms with van der Waals surface area (Å²) in [4.78, 5) is 12.2. The molecule has 1 aliphatic rings. The maximum Gasteiger partial charge on any atom is 0.251 e. The van der Waals surface area contributed by atoms with E-state index in [-0.39, 0.29) is 18.1 Å². The van der Waals surface area contributed by atoms with Crippen molar-refractivity contribution in [3.63, 3.8) is 0 Å². The zero-order valence-electron chi connectivity index (χ0n) is 10.9. The minimum atomic E-state index is -0.657. The standard InChI is InChI=1S/C14H18FNO3/c1-10-6-11(8-12(15)7-10)13(18)16-14(9-17)2-4-19-5-3-14/h6-8,17H,2-5,9H2,1H3,(H,16,18). The molecule has 0 spiro atoms. The number of halogens is 1. The summed E-state index contributed by atoms with van der Waals surface area (Å²) in [7, 11) is 0. The van der Waals surface area contributed by atoms with Gasteiger partial charge >= 0.3 is 0 Å². The van der Waals surface area contributed by atoms with E-state index in [1.807, 2.05) is 0 Å². The number of carbonyl (C=O) groups is 1. The lowest BCUT2D eigenvalue weighted by molar-refractivity contribution is 0.0125. The molecule has 1 aromatic carbocycles. The average molecular weight is 267 g/mol. The van der Waals surface area contributed by atoms with Crippen LogP contribution < -0.4 is 5.32 Å². The van der Waals surface area contributed by atoms with Gasteiger partial charge in [-0.1, -0.05) is 0 Å². The van der Waals surface area contributed by atoms with Crippen LogP contribution in [0.5, 0.6) is 0 Å². The summed E-state index contributed by atoms with van der Waals surface area (Å²) in [5, 5.41) is 12.3. The predicted molar refractivity (Wildman–Crippen MR) is 68.5 cm³/mol. The lowest BCUT2D eigenvalue weighted by Gasteiger charge is -2.36. The molecular formula is C14H18FNO3. The minimum Gasteiger partial charge on any atom is -0.394 e. The van der Waals surface area contributed by atoms with Crippen molar-refractivity contribution in [1.29, 1.82) is 0 Å². The van der Waals surface area contributed by atoms with Crippen LogP contribution in [0.2, 0.25) is 0 Å². The Bertz CT molecular complexity index is 450. The van der Waals surface area contributed by atoms with Gasteiger partial charge in [-0.25, -0.2) is 4.39 Å². The van der Waals surface area contributed by atoms with Crippen molar-refractivity contribution in [2.75, 3.05) is 19.8 Å². The van der Waals surface area contributed by atoms with Gasteiger partial charge < -0.3 is 15.2 Å². The average Bonchev–Trinajstić information content (AvgIpc) is 2.38. The van der Waals surface area contributed by atoms with Crippen molar-refractivity contribution in [1.82, 2.24) is 5.32 Å². The lowest BCUT2D eigenvalue weighted by Crippen LogP contribution is -2.54. The van der Waals surface area contributed by atoms with Crippen LogP contribution in [0, 0.1) is 12.7 Å². The fraction of sp³-hybridized carbons (Fsp3) is 0.500. The summed E-state index contributed by atoms with van der Waals surface area (Å²) >= 11 is 0. The summed E-state index contributed by atoms with van der Waals surface area (Å²) in [6.07, 6.45) is 1.12. The Hall–Kier alpha value is -1.46. The van der Waals surface area contributed by atoms with E-state index in [0.29, 0.717) is 31.6 Å². The van der Waals surface area contributed by atoms with Gasteiger partial charge in [-0.2, -0.15) is 0 Å². The predicted octanol–water partition coefficient (Wildman–Crippen LogP) is 1.41. The largest absolute Gasteiger partial charge is 0.394 e. The maximum atomic E-state index is 13.3. The maximum absolute atomic E-state index is 13.3. The van der Waals surface area contributed by atoms with Crippen LogP contribution in [-0.4, -0.2) is 36.4 Å².